The lowest BCUT2D eigenvalue weighted by atomic mass is 10.0. The fraction of sp³-hybridized carbons (Fsp3) is 0.900. The Labute approximate surface area is 88.6 Å². The van der Waals surface area contributed by atoms with E-state index in [4.69, 9.17) is 0 Å². The summed E-state index contributed by atoms with van der Waals surface area (Å²) in [7, 11) is 0. The number of rotatable bonds is 4. The van der Waals surface area contributed by atoms with E-state index in [1.807, 2.05) is 13.8 Å². The van der Waals surface area contributed by atoms with Crippen molar-refractivity contribution in [2.45, 2.75) is 44.4 Å². The van der Waals surface area contributed by atoms with E-state index in [9.17, 15) is 4.79 Å². The first-order valence-electron chi connectivity index (χ1n) is 4.87. The molecule has 0 heterocycles. The van der Waals surface area contributed by atoms with Crippen LogP contribution in [0.3, 0.4) is 0 Å². The van der Waals surface area contributed by atoms with E-state index in [1.165, 1.54) is 19.3 Å². The van der Waals surface area contributed by atoms with E-state index >= 15 is 0 Å². The Balaban J connectivity index is 2.31. The second-order valence-corrected chi connectivity index (χ2v) is 6.49. The maximum absolute atomic E-state index is 11.5. The van der Waals surface area contributed by atoms with Crippen molar-refractivity contribution in [3.63, 3.8) is 0 Å². The summed E-state index contributed by atoms with van der Waals surface area (Å²) in [6, 6.07) is 0. The Morgan fingerprint density at radius 1 is 1.54 bits per heavy atom. The molecule has 1 N–H and O–H groups in total. The van der Waals surface area contributed by atoms with Crippen molar-refractivity contribution in [3.8, 4) is 0 Å². The molecule has 1 aliphatic carbocycles. The van der Waals surface area contributed by atoms with Gasteiger partial charge in [0.05, 0.1) is 4.32 Å². The Bertz CT molecular complexity index is 203. The molecular formula is C10H18BrNO. The highest BCUT2D eigenvalue weighted by atomic mass is 79.9. The molecule has 0 saturated heterocycles. The van der Waals surface area contributed by atoms with Gasteiger partial charge in [-0.25, -0.2) is 0 Å². The lowest BCUT2D eigenvalue weighted by molar-refractivity contribution is -0.122. The molecule has 0 aromatic heterocycles. The first-order valence-corrected chi connectivity index (χ1v) is 5.66. The topological polar surface area (TPSA) is 29.1 Å². The lowest BCUT2D eigenvalue weighted by Crippen LogP contribution is -2.40. The van der Waals surface area contributed by atoms with Crippen LogP contribution in [-0.2, 0) is 4.79 Å². The van der Waals surface area contributed by atoms with Crippen molar-refractivity contribution in [2.24, 2.45) is 5.41 Å². The van der Waals surface area contributed by atoms with Crippen LogP contribution >= 0.6 is 15.9 Å². The second kappa shape index (κ2) is 3.60. The molecule has 0 bridgehead atoms. The summed E-state index contributed by atoms with van der Waals surface area (Å²) in [5.74, 6) is 0.0900. The minimum Gasteiger partial charge on any atom is -0.354 e. The molecule has 2 nitrogen and oxygen atoms in total. The maximum atomic E-state index is 11.5. The maximum Gasteiger partial charge on any atom is 0.236 e. The molecule has 1 fully saturated rings. The van der Waals surface area contributed by atoms with Gasteiger partial charge in [0, 0.05) is 6.54 Å². The molecule has 0 unspecified atom stereocenters. The van der Waals surface area contributed by atoms with Gasteiger partial charge in [-0.05, 0) is 38.5 Å². The number of carbonyl (C=O) groups excluding carboxylic acids is 1. The fourth-order valence-corrected chi connectivity index (χ4v) is 1.45. The van der Waals surface area contributed by atoms with Gasteiger partial charge in [0.2, 0.25) is 5.91 Å². The van der Waals surface area contributed by atoms with Gasteiger partial charge in [-0.1, -0.05) is 22.9 Å². The third kappa shape index (κ3) is 2.97. The number of carbonyl (C=O) groups is 1. The molecule has 1 rings (SSSR count). The minimum atomic E-state index is -0.434. The van der Waals surface area contributed by atoms with Crippen LogP contribution in [0, 0.1) is 5.41 Å². The molecule has 0 aliphatic heterocycles. The number of nitrogens with one attached hydrogen (secondary N) is 1. The third-order valence-corrected chi connectivity index (χ3v) is 3.23. The molecule has 1 aliphatic rings. The van der Waals surface area contributed by atoms with Crippen LogP contribution in [-0.4, -0.2) is 16.8 Å². The first-order chi connectivity index (χ1) is 5.90. The molecular weight excluding hydrogens is 230 g/mol. The van der Waals surface area contributed by atoms with Crippen LogP contribution in [0.5, 0.6) is 0 Å². The molecule has 0 aromatic carbocycles. The number of hydrogen-bond donors (Lipinski definition) is 1. The van der Waals surface area contributed by atoms with E-state index in [0.29, 0.717) is 5.41 Å². The number of halogens is 1. The van der Waals surface area contributed by atoms with Gasteiger partial charge in [-0.15, -0.1) is 0 Å². The summed E-state index contributed by atoms with van der Waals surface area (Å²) in [6.07, 6.45) is 3.72. The summed E-state index contributed by atoms with van der Waals surface area (Å²) >= 11 is 3.34. The monoisotopic (exact) mass is 247 g/mol. The zero-order valence-electron chi connectivity index (χ0n) is 8.61. The number of hydrogen-bond acceptors (Lipinski definition) is 1. The highest BCUT2D eigenvalue weighted by Crippen LogP contribution is 2.47. The van der Waals surface area contributed by atoms with E-state index in [2.05, 4.69) is 28.2 Å². The molecule has 0 aromatic rings. The molecule has 0 radical (unpaired) electrons. The van der Waals surface area contributed by atoms with Crippen molar-refractivity contribution >= 4 is 21.8 Å². The highest BCUT2D eigenvalue weighted by molar-refractivity contribution is 9.10. The number of alkyl halides is 1. The molecule has 1 amide bonds. The highest BCUT2D eigenvalue weighted by Gasteiger charge is 2.41. The van der Waals surface area contributed by atoms with Crippen molar-refractivity contribution in [1.82, 2.24) is 5.32 Å². The van der Waals surface area contributed by atoms with Crippen molar-refractivity contribution < 1.29 is 4.79 Å². The predicted octanol–water partition coefficient (Wildman–Crippen LogP) is 2.47. The second-order valence-electron chi connectivity index (χ2n) is 4.51. The first kappa shape index (κ1) is 11.0. The van der Waals surface area contributed by atoms with Crippen molar-refractivity contribution in [3.05, 3.63) is 0 Å². The van der Waals surface area contributed by atoms with E-state index < -0.39 is 4.32 Å². The van der Waals surface area contributed by atoms with Crippen LogP contribution in [0.2, 0.25) is 0 Å². The summed E-state index contributed by atoms with van der Waals surface area (Å²) in [5.41, 5.74) is 0.438. The summed E-state index contributed by atoms with van der Waals surface area (Å²) in [6.45, 7) is 6.78. The van der Waals surface area contributed by atoms with E-state index in [0.717, 1.165) is 6.54 Å². The zero-order chi connectivity index (χ0) is 10.1. The molecule has 0 atom stereocenters. The molecule has 13 heavy (non-hydrogen) atoms. The van der Waals surface area contributed by atoms with Crippen molar-refractivity contribution in [2.75, 3.05) is 6.54 Å². The average Bonchev–Trinajstić information content (AvgIpc) is 2.79. The Kier molecular flexibility index (Phi) is 3.05. The normalized spacial score (nSPS) is 19.7. The fourth-order valence-electron chi connectivity index (χ4n) is 1.31. The van der Waals surface area contributed by atoms with E-state index in [-0.39, 0.29) is 5.91 Å². The largest absolute Gasteiger partial charge is 0.354 e. The van der Waals surface area contributed by atoms with Gasteiger partial charge in [0.25, 0.3) is 0 Å². The standard InChI is InChI=1S/C10H18BrNO/c1-4-10(5-6-10)7-12-8(13)9(2,3)11/h4-7H2,1-3H3,(H,12,13). The number of amides is 1. The summed E-state index contributed by atoms with van der Waals surface area (Å²) in [5, 5.41) is 2.99. The summed E-state index contributed by atoms with van der Waals surface area (Å²) < 4.78 is -0.434. The van der Waals surface area contributed by atoms with Crippen LogP contribution in [0.15, 0.2) is 0 Å². The molecule has 1 saturated carbocycles. The Hall–Kier alpha value is -0.0500. The zero-order valence-corrected chi connectivity index (χ0v) is 10.2. The summed E-state index contributed by atoms with van der Waals surface area (Å²) in [4.78, 5) is 11.5. The van der Waals surface area contributed by atoms with E-state index in [1.54, 1.807) is 0 Å². The quantitative estimate of drug-likeness (QED) is 0.761. The van der Waals surface area contributed by atoms with Gasteiger partial charge >= 0.3 is 0 Å². The van der Waals surface area contributed by atoms with Crippen LogP contribution in [0.25, 0.3) is 0 Å². The smallest absolute Gasteiger partial charge is 0.236 e. The minimum absolute atomic E-state index is 0.0900. The Morgan fingerprint density at radius 2 is 2.08 bits per heavy atom. The molecule has 3 heteroatoms. The predicted molar refractivity (Wildman–Crippen MR) is 58.0 cm³/mol. The van der Waals surface area contributed by atoms with Crippen LogP contribution in [0.4, 0.5) is 0 Å². The lowest BCUT2D eigenvalue weighted by Gasteiger charge is -2.19. The van der Waals surface area contributed by atoms with Gasteiger partial charge in [-0.2, -0.15) is 0 Å². The van der Waals surface area contributed by atoms with Crippen LogP contribution < -0.4 is 5.32 Å². The van der Waals surface area contributed by atoms with Crippen molar-refractivity contribution in [1.29, 1.82) is 0 Å². The van der Waals surface area contributed by atoms with Gasteiger partial charge < -0.3 is 5.32 Å². The van der Waals surface area contributed by atoms with Crippen LogP contribution in [0.1, 0.15) is 40.0 Å². The van der Waals surface area contributed by atoms with Gasteiger partial charge in [0.15, 0.2) is 0 Å². The molecule has 76 valence electrons. The third-order valence-electron chi connectivity index (χ3n) is 2.87. The SMILES string of the molecule is CCC1(CNC(=O)C(C)(C)Br)CC1. The van der Waals surface area contributed by atoms with Gasteiger partial charge in [0.1, 0.15) is 0 Å². The molecule has 0 spiro atoms. The average molecular weight is 248 g/mol. The Morgan fingerprint density at radius 3 is 2.38 bits per heavy atom. The van der Waals surface area contributed by atoms with Gasteiger partial charge in [-0.3, -0.25) is 4.79 Å².